The summed E-state index contributed by atoms with van der Waals surface area (Å²) in [6.07, 6.45) is -1.47. The van der Waals surface area contributed by atoms with Crippen LogP contribution in [0.4, 0.5) is 4.79 Å². The Kier molecular flexibility index (Phi) is 2.89. The predicted molar refractivity (Wildman–Crippen MR) is 65.7 cm³/mol. The molecule has 0 atom stereocenters. The van der Waals surface area contributed by atoms with Gasteiger partial charge in [-0.2, -0.15) is 0 Å². The van der Waals surface area contributed by atoms with Crippen LogP contribution in [0.1, 0.15) is 5.56 Å². The molecule has 0 aliphatic rings. The number of H-pyrrole nitrogens is 1. The number of fused-ring (bicyclic) bond motifs is 1. The van der Waals surface area contributed by atoms with E-state index in [4.69, 9.17) is 5.11 Å². The van der Waals surface area contributed by atoms with E-state index in [9.17, 15) is 9.59 Å². The average molecular weight is 298 g/mol. The molecule has 0 aliphatic carbocycles. The maximum atomic E-state index is 11.8. The van der Waals surface area contributed by atoms with E-state index < -0.39 is 6.16 Å². The number of aromatic nitrogens is 1. The summed E-state index contributed by atoms with van der Waals surface area (Å²) >= 11 is 3.30. The molecule has 6 heteroatoms. The number of hydrogen-bond acceptors (Lipinski definition) is 3. The number of rotatable bonds is 1. The first-order valence-electron chi connectivity index (χ1n) is 4.71. The lowest BCUT2D eigenvalue weighted by Crippen LogP contribution is -2.10. The van der Waals surface area contributed by atoms with Gasteiger partial charge in [-0.3, -0.25) is 4.79 Å². The molecule has 0 bridgehead atoms. The molecule has 2 N–H and O–H groups in total. The monoisotopic (exact) mass is 297 g/mol. The quantitative estimate of drug-likeness (QED) is 0.793. The summed E-state index contributed by atoms with van der Waals surface area (Å²) in [6.45, 7) is 1.81. The van der Waals surface area contributed by atoms with Crippen LogP contribution in [0.2, 0.25) is 0 Å². The first-order chi connectivity index (χ1) is 7.97. The second kappa shape index (κ2) is 4.21. The summed E-state index contributed by atoms with van der Waals surface area (Å²) in [5.74, 6) is -0.0903. The molecule has 2 rings (SSSR count). The van der Waals surface area contributed by atoms with Gasteiger partial charge in [0.05, 0.1) is 5.52 Å². The van der Waals surface area contributed by atoms with Gasteiger partial charge in [0, 0.05) is 15.9 Å². The largest absolute Gasteiger partial charge is 0.512 e. The normalized spacial score (nSPS) is 10.5. The third kappa shape index (κ3) is 2.31. The van der Waals surface area contributed by atoms with Crippen LogP contribution in [0.25, 0.3) is 10.9 Å². The molecule has 0 aliphatic heterocycles. The summed E-state index contributed by atoms with van der Waals surface area (Å²) in [5, 5.41) is 9.00. The molecular formula is C11H8BrNO4. The summed E-state index contributed by atoms with van der Waals surface area (Å²) in [7, 11) is 0. The van der Waals surface area contributed by atoms with Crippen molar-refractivity contribution in [1.82, 2.24) is 4.98 Å². The minimum absolute atomic E-state index is 0.0903. The lowest BCUT2D eigenvalue weighted by Gasteiger charge is -2.05. The molecule has 0 saturated carbocycles. The summed E-state index contributed by atoms with van der Waals surface area (Å²) in [6, 6.07) is 4.63. The van der Waals surface area contributed by atoms with Gasteiger partial charge >= 0.3 is 6.16 Å². The Morgan fingerprint density at radius 2 is 2.12 bits per heavy atom. The van der Waals surface area contributed by atoms with Crippen LogP contribution in [-0.4, -0.2) is 16.2 Å². The molecule has 2 aromatic rings. The maximum Gasteiger partial charge on any atom is 0.512 e. The van der Waals surface area contributed by atoms with Gasteiger partial charge in [-0.15, -0.1) is 0 Å². The van der Waals surface area contributed by atoms with Crippen molar-refractivity contribution in [2.45, 2.75) is 6.92 Å². The zero-order chi connectivity index (χ0) is 12.6. The fourth-order valence-corrected chi connectivity index (χ4v) is 2.25. The zero-order valence-corrected chi connectivity index (χ0v) is 10.4. The fraction of sp³-hybridized carbons (Fsp3) is 0.0909. The minimum atomic E-state index is -1.47. The molecule has 1 aromatic heterocycles. The summed E-state index contributed by atoms with van der Waals surface area (Å²) in [4.78, 5) is 24.9. The number of nitrogens with one attached hydrogen (secondary N) is 1. The molecule has 0 unspecified atom stereocenters. The number of aromatic amines is 1. The molecule has 0 spiro atoms. The lowest BCUT2D eigenvalue weighted by atomic mass is 10.1. The van der Waals surface area contributed by atoms with Crippen LogP contribution < -0.4 is 10.2 Å². The first kappa shape index (κ1) is 11.7. The fourth-order valence-electron chi connectivity index (χ4n) is 1.68. The number of hydrogen-bond donors (Lipinski definition) is 2. The molecule has 0 saturated heterocycles. The van der Waals surface area contributed by atoms with Gasteiger partial charge in [-0.1, -0.05) is 15.9 Å². The maximum absolute atomic E-state index is 11.8. The minimum Gasteiger partial charge on any atom is -0.449 e. The van der Waals surface area contributed by atoms with E-state index in [1.807, 2.05) is 6.07 Å². The average Bonchev–Trinajstić information content (AvgIpc) is 2.13. The van der Waals surface area contributed by atoms with Crippen LogP contribution in [0.3, 0.4) is 0 Å². The first-order valence-corrected chi connectivity index (χ1v) is 5.50. The van der Waals surface area contributed by atoms with Gasteiger partial charge in [0.1, 0.15) is 0 Å². The van der Waals surface area contributed by atoms with Crippen molar-refractivity contribution >= 4 is 33.0 Å². The molecule has 0 fully saturated rings. The third-order valence-corrected chi connectivity index (χ3v) is 2.72. The van der Waals surface area contributed by atoms with Crippen molar-refractivity contribution in [2.24, 2.45) is 0 Å². The van der Waals surface area contributed by atoms with E-state index in [1.54, 1.807) is 13.0 Å². The van der Waals surface area contributed by atoms with Crippen molar-refractivity contribution in [1.29, 1.82) is 0 Å². The van der Waals surface area contributed by atoms with Gasteiger partial charge in [0.2, 0.25) is 5.88 Å². The second-order valence-electron chi connectivity index (χ2n) is 3.51. The van der Waals surface area contributed by atoms with Crippen molar-refractivity contribution < 1.29 is 14.6 Å². The van der Waals surface area contributed by atoms with E-state index in [2.05, 4.69) is 25.7 Å². The third-order valence-electron chi connectivity index (χ3n) is 2.26. The number of aryl methyl sites for hydroxylation is 1. The second-order valence-corrected chi connectivity index (χ2v) is 4.43. The van der Waals surface area contributed by atoms with Gasteiger partial charge < -0.3 is 14.8 Å². The highest BCUT2D eigenvalue weighted by Gasteiger charge is 2.08. The number of halogens is 1. The van der Waals surface area contributed by atoms with Crippen LogP contribution in [-0.2, 0) is 0 Å². The Morgan fingerprint density at radius 1 is 1.41 bits per heavy atom. The molecular weight excluding hydrogens is 290 g/mol. The van der Waals surface area contributed by atoms with E-state index >= 15 is 0 Å². The topological polar surface area (TPSA) is 79.4 Å². The van der Waals surface area contributed by atoms with Crippen LogP contribution >= 0.6 is 15.9 Å². The zero-order valence-electron chi connectivity index (χ0n) is 8.78. The highest BCUT2D eigenvalue weighted by molar-refractivity contribution is 9.10. The van der Waals surface area contributed by atoms with Crippen LogP contribution in [0.15, 0.2) is 27.5 Å². The lowest BCUT2D eigenvalue weighted by molar-refractivity contribution is 0.142. The van der Waals surface area contributed by atoms with E-state index in [-0.39, 0.29) is 11.3 Å². The number of carbonyl (C=O) groups is 1. The molecule has 0 amide bonds. The molecule has 88 valence electrons. The smallest absolute Gasteiger partial charge is 0.449 e. The molecule has 1 heterocycles. The molecule has 5 nitrogen and oxygen atoms in total. The van der Waals surface area contributed by atoms with Gasteiger partial charge in [-0.05, 0) is 24.6 Å². The van der Waals surface area contributed by atoms with Crippen molar-refractivity contribution in [2.75, 3.05) is 0 Å². The van der Waals surface area contributed by atoms with E-state index in [0.29, 0.717) is 10.9 Å². The Bertz CT molecular complexity index is 662. The SMILES string of the molecule is Cc1cc(Br)cc2[nH]c(OC(=O)O)cc(=O)c12. The van der Waals surface area contributed by atoms with E-state index in [1.165, 1.54) is 0 Å². The predicted octanol–water partition coefficient (Wildman–Crippen LogP) is 2.66. The van der Waals surface area contributed by atoms with Crippen LogP contribution in [0, 0.1) is 6.92 Å². The number of ether oxygens (including phenoxy) is 1. The van der Waals surface area contributed by atoms with Crippen molar-refractivity contribution in [3.05, 3.63) is 38.5 Å². The Hall–Kier alpha value is -1.82. The van der Waals surface area contributed by atoms with Gasteiger partial charge in [0.25, 0.3) is 0 Å². The summed E-state index contributed by atoms with van der Waals surface area (Å²) in [5.41, 5.74) is 1.05. The molecule has 1 aromatic carbocycles. The Labute approximate surface area is 104 Å². The van der Waals surface area contributed by atoms with Crippen molar-refractivity contribution in [3.63, 3.8) is 0 Å². The molecule has 17 heavy (non-hydrogen) atoms. The van der Waals surface area contributed by atoms with E-state index in [0.717, 1.165) is 16.1 Å². The summed E-state index contributed by atoms with van der Waals surface area (Å²) < 4.78 is 5.23. The highest BCUT2D eigenvalue weighted by atomic mass is 79.9. The van der Waals surface area contributed by atoms with Gasteiger partial charge in [0.15, 0.2) is 5.43 Å². The van der Waals surface area contributed by atoms with Gasteiger partial charge in [-0.25, -0.2) is 4.79 Å². The number of pyridine rings is 1. The number of carboxylic acid groups (broad SMARTS) is 1. The highest BCUT2D eigenvalue weighted by Crippen LogP contribution is 2.21. The Balaban J connectivity index is 2.73. The molecule has 0 radical (unpaired) electrons. The Morgan fingerprint density at radius 3 is 2.76 bits per heavy atom. The van der Waals surface area contributed by atoms with Crippen molar-refractivity contribution in [3.8, 4) is 5.88 Å². The van der Waals surface area contributed by atoms with Crippen LogP contribution in [0.5, 0.6) is 5.88 Å². The standard InChI is InChI=1S/C11H8BrNO4/c1-5-2-6(12)3-7-10(5)8(14)4-9(13-7)17-11(15)16/h2-4H,1H3,(H,13,14)(H,15,16). The number of benzene rings is 1.